The highest BCUT2D eigenvalue weighted by molar-refractivity contribution is 5.94. The third-order valence-electron chi connectivity index (χ3n) is 4.43. The summed E-state index contributed by atoms with van der Waals surface area (Å²) in [5, 5.41) is 6.27. The van der Waals surface area contributed by atoms with Crippen LogP contribution in [0.2, 0.25) is 0 Å². The van der Waals surface area contributed by atoms with Gasteiger partial charge in [-0.05, 0) is 42.5 Å². The molecule has 2 N–H and O–H groups in total. The number of hydrogen-bond donors (Lipinski definition) is 2. The van der Waals surface area contributed by atoms with Gasteiger partial charge in [0.2, 0.25) is 0 Å². The number of hydrogen-bond acceptors (Lipinski definition) is 3. The zero-order valence-corrected chi connectivity index (χ0v) is 15.7. The number of ether oxygens (including phenoxy) is 1. The Morgan fingerprint density at radius 1 is 1.16 bits per heavy atom. The number of nitrogens with zero attached hydrogens (tertiary/aromatic N) is 2. The molecular weight excluding hydrogens is 316 g/mol. The molecule has 1 aliphatic rings. The summed E-state index contributed by atoms with van der Waals surface area (Å²) in [4.78, 5) is 18.8. The first-order valence-electron chi connectivity index (χ1n) is 8.91. The van der Waals surface area contributed by atoms with Crippen LogP contribution in [-0.4, -0.2) is 57.1 Å². The highest BCUT2D eigenvalue weighted by atomic mass is 16.5. The molecule has 2 rings (SSSR count). The van der Waals surface area contributed by atoms with Gasteiger partial charge >= 0.3 is 0 Å². The van der Waals surface area contributed by atoms with E-state index >= 15 is 0 Å². The van der Waals surface area contributed by atoms with Crippen molar-refractivity contribution in [1.29, 1.82) is 0 Å². The second-order valence-corrected chi connectivity index (χ2v) is 6.81. The van der Waals surface area contributed by atoms with Crippen LogP contribution < -0.4 is 15.4 Å². The van der Waals surface area contributed by atoms with Gasteiger partial charge in [-0.1, -0.05) is 13.8 Å². The van der Waals surface area contributed by atoms with Crippen molar-refractivity contribution in [1.82, 2.24) is 15.5 Å². The number of nitrogens with one attached hydrogen (secondary N) is 2. The van der Waals surface area contributed by atoms with Crippen molar-refractivity contribution < 1.29 is 9.53 Å². The van der Waals surface area contributed by atoms with Crippen molar-refractivity contribution in [3.05, 3.63) is 29.8 Å². The summed E-state index contributed by atoms with van der Waals surface area (Å²) in [6, 6.07) is 7.09. The van der Waals surface area contributed by atoms with Crippen LogP contribution in [0.15, 0.2) is 29.3 Å². The first kappa shape index (κ1) is 19.1. The molecule has 2 unspecified atom stereocenters. The van der Waals surface area contributed by atoms with Crippen molar-refractivity contribution in [3.63, 3.8) is 0 Å². The number of carbonyl (C=O) groups is 1. The third-order valence-corrected chi connectivity index (χ3v) is 4.43. The molecule has 25 heavy (non-hydrogen) atoms. The molecular formula is C19H30N4O2. The van der Waals surface area contributed by atoms with E-state index < -0.39 is 0 Å². The number of piperidine rings is 1. The third kappa shape index (κ3) is 5.66. The van der Waals surface area contributed by atoms with Crippen molar-refractivity contribution in [2.75, 3.05) is 40.3 Å². The Kier molecular flexibility index (Phi) is 7.10. The summed E-state index contributed by atoms with van der Waals surface area (Å²) < 4.78 is 5.10. The van der Waals surface area contributed by atoms with E-state index in [1.165, 1.54) is 6.42 Å². The fraction of sp³-hybridized carbons (Fsp3) is 0.579. The summed E-state index contributed by atoms with van der Waals surface area (Å²) in [5.41, 5.74) is 0.629. The average Bonchev–Trinajstić information content (AvgIpc) is 2.60. The number of methoxy groups -OCH3 is 1. The number of carbonyl (C=O) groups excluding carboxylic acids is 1. The Morgan fingerprint density at radius 3 is 2.32 bits per heavy atom. The maximum Gasteiger partial charge on any atom is 0.251 e. The van der Waals surface area contributed by atoms with Crippen molar-refractivity contribution >= 4 is 11.9 Å². The zero-order chi connectivity index (χ0) is 18.2. The molecule has 0 bridgehead atoms. The van der Waals surface area contributed by atoms with E-state index in [-0.39, 0.29) is 5.91 Å². The van der Waals surface area contributed by atoms with Gasteiger partial charge in [-0.2, -0.15) is 0 Å². The Morgan fingerprint density at radius 2 is 1.76 bits per heavy atom. The van der Waals surface area contributed by atoms with Gasteiger partial charge in [-0.3, -0.25) is 9.79 Å². The van der Waals surface area contributed by atoms with Crippen LogP contribution in [0.25, 0.3) is 0 Å². The lowest BCUT2D eigenvalue weighted by molar-refractivity contribution is 0.0954. The highest BCUT2D eigenvalue weighted by Crippen LogP contribution is 2.20. The predicted molar refractivity (Wildman–Crippen MR) is 101 cm³/mol. The summed E-state index contributed by atoms with van der Waals surface area (Å²) in [6.45, 7) is 7.82. The van der Waals surface area contributed by atoms with E-state index in [1.807, 2.05) is 7.05 Å². The molecule has 2 atom stereocenters. The molecule has 6 nitrogen and oxygen atoms in total. The lowest BCUT2D eigenvalue weighted by Gasteiger charge is -2.37. The summed E-state index contributed by atoms with van der Waals surface area (Å²) >= 11 is 0. The van der Waals surface area contributed by atoms with Crippen molar-refractivity contribution in [2.24, 2.45) is 16.8 Å². The lowest BCUT2D eigenvalue weighted by atomic mass is 9.92. The molecule has 1 amide bonds. The minimum Gasteiger partial charge on any atom is -0.497 e. The molecule has 6 heteroatoms. The van der Waals surface area contributed by atoms with Crippen LogP contribution in [0.3, 0.4) is 0 Å². The lowest BCUT2D eigenvalue weighted by Crippen LogP contribution is -2.49. The standard InChI is InChI=1S/C19H30N4O2/c1-14-11-15(2)13-23(12-14)19(20-3)22-10-9-21-18(24)16-5-7-17(25-4)8-6-16/h5-8,14-15H,9-13H2,1-4H3,(H,20,22)(H,21,24). The van der Waals surface area contributed by atoms with Gasteiger partial charge in [0.05, 0.1) is 7.11 Å². The van der Waals surface area contributed by atoms with E-state index in [2.05, 4.69) is 34.4 Å². The van der Waals surface area contributed by atoms with Crippen LogP contribution in [-0.2, 0) is 0 Å². The number of amides is 1. The Bertz CT molecular complexity index is 576. The number of guanidine groups is 1. The first-order chi connectivity index (χ1) is 12.0. The molecule has 0 spiro atoms. The maximum absolute atomic E-state index is 12.1. The minimum atomic E-state index is -0.0837. The summed E-state index contributed by atoms with van der Waals surface area (Å²) in [7, 11) is 3.42. The molecule has 0 aromatic heterocycles. The van der Waals surface area contributed by atoms with E-state index in [0.717, 1.165) is 24.8 Å². The van der Waals surface area contributed by atoms with Crippen LogP contribution in [0.1, 0.15) is 30.6 Å². The van der Waals surface area contributed by atoms with Crippen LogP contribution >= 0.6 is 0 Å². The fourth-order valence-corrected chi connectivity index (χ4v) is 3.36. The Hall–Kier alpha value is -2.24. The molecule has 1 saturated heterocycles. The molecule has 1 heterocycles. The number of likely N-dealkylation sites (tertiary alicyclic amines) is 1. The smallest absolute Gasteiger partial charge is 0.251 e. The van der Waals surface area contributed by atoms with Crippen LogP contribution in [0, 0.1) is 11.8 Å². The molecule has 0 aliphatic carbocycles. The van der Waals surface area contributed by atoms with Gasteiger partial charge in [-0.15, -0.1) is 0 Å². The topological polar surface area (TPSA) is 66.0 Å². The summed E-state index contributed by atoms with van der Waals surface area (Å²) in [6.07, 6.45) is 1.27. The number of benzene rings is 1. The van der Waals surface area contributed by atoms with E-state index in [0.29, 0.717) is 30.5 Å². The van der Waals surface area contributed by atoms with Gasteiger partial charge in [0.15, 0.2) is 5.96 Å². The second kappa shape index (κ2) is 9.30. The van der Waals surface area contributed by atoms with Gasteiger partial charge < -0.3 is 20.3 Å². The van der Waals surface area contributed by atoms with Crippen LogP contribution in [0.5, 0.6) is 5.75 Å². The first-order valence-corrected chi connectivity index (χ1v) is 8.91. The fourth-order valence-electron chi connectivity index (χ4n) is 3.36. The van der Waals surface area contributed by atoms with E-state index in [1.54, 1.807) is 31.4 Å². The molecule has 0 radical (unpaired) electrons. The summed E-state index contributed by atoms with van der Waals surface area (Å²) in [5.74, 6) is 2.93. The quantitative estimate of drug-likeness (QED) is 0.486. The minimum absolute atomic E-state index is 0.0837. The normalized spacial score (nSPS) is 21.0. The monoisotopic (exact) mass is 346 g/mol. The molecule has 1 aliphatic heterocycles. The number of aliphatic imine (C=N–C) groups is 1. The Balaban J connectivity index is 1.76. The molecule has 138 valence electrons. The van der Waals surface area contributed by atoms with Gasteiger partial charge in [0.25, 0.3) is 5.91 Å². The van der Waals surface area contributed by atoms with Gasteiger partial charge in [-0.25, -0.2) is 0 Å². The van der Waals surface area contributed by atoms with Gasteiger partial charge in [0, 0.05) is 38.8 Å². The van der Waals surface area contributed by atoms with Gasteiger partial charge in [0.1, 0.15) is 5.75 Å². The second-order valence-electron chi connectivity index (χ2n) is 6.81. The Labute approximate surface area is 150 Å². The maximum atomic E-state index is 12.1. The molecule has 1 fully saturated rings. The van der Waals surface area contributed by atoms with E-state index in [9.17, 15) is 4.79 Å². The zero-order valence-electron chi connectivity index (χ0n) is 15.7. The SMILES string of the molecule is CN=C(NCCNC(=O)c1ccc(OC)cc1)N1CC(C)CC(C)C1. The average molecular weight is 346 g/mol. The highest BCUT2D eigenvalue weighted by Gasteiger charge is 2.23. The molecule has 1 aromatic carbocycles. The van der Waals surface area contributed by atoms with Crippen molar-refractivity contribution in [2.45, 2.75) is 20.3 Å². The largest absolute Gasteiger partial charge is 0.497 e. The molecule has 1 aromatic rings. The van der Waals surface area contributed by atoms with Crippen molar-refractivity contribution in [3.8, 4) is 5.75 Å². The van der Waals surface area contributed by atoms with Crippen LogP contribution in [0.4, 0.5) is 0 Å². The number of rotatable bonds is 5. The predicted octanol–water partition coefficient (Wildman–Crippen LogP) is 1.98. The molecule has 0 saturated carbocycles. The van der Waals surface area contributed by atoms with E-state index in [4.69, 9.17) is 4.74 Å².